The molecule has 20 heavy (non-hydrogen) atoms. The Morgan fingerprint density at radius 3 is 2.60 bits per heavy atom. The first kappa shape index (κ1) is 13.8. The van der Waals surface area contributed by atoms with Crippen molar-refractivity contribution in [3.63, 3.8) is 0 Å². The zero-order valence-electron chi connectivity index (χ0n) is 12.3. The highest BCUT2D eigenvalue weighted by Crippen LogP contribution is 2.62. The standard InChI is InChI=1S/C16H22O4/c1-8(17)16(2)11-7-9-5-4-6-10(12(9)14(16)18)13(11)15(19)20-3/h9-13H,4-7H2,1-3H3/t9-,10-,11-,12+,13+,16-/m0/s1. The van der Waals surface area contributed by atoms with Gasteiger partial charge in [-0.15, -0.1) is 0 Å². The fourth-order valence-electron chi connectivity index (χ4n) is 5.21. The zero-order chi connectivity index (χ0) is 14.7. The minimum absolute atomic E-state index is 0.0936. The van der Waals surface area contributed by atoms with Gasteiger partial charge in [-0.05, 0) is 50.9 Å². The summed E-state index contributed by atoms with van der Waals surface area (Å²) in [6, 6.07) is 0. The van der Waals surface area contributed by atoms with Crippen molar-refractivity contribution in [2.24, 2.45) is 35.0 Å². The van der Waals surface area contributed by atoms with E-state index in [4.69, 9.17) is 4.74 Å². The van der Waals surface area contributed by atoms with Crippen molar-refractivity contribution in [2.45, 2.75) is 39.5 Å². The topological polar surface area (TPSA) is 60.4 Å². The summed E-state index contributed by atoms with van der Waals surface area (Å²) in [5.74, 6) is -0.301. The third-order valence-electron chi connectivity index (χ3n) is 6.29. The molecule has 4 saturated carbocycles. The monoisotopic (exact) mass is 278 g/mol. The molecule has 4 nitrogen and oxygen atoms in total. The number of carbonyl (C=O) groups is 3. The van der Waals surface area contributed by atoms with Crippen molar-refractivity contribution in [3.05, 3.63) is 0 Å². The van der Waals surface area contributed by atoms with Gasteiger partial charge in [0, 0.05) is 5.92 Å². The van der Waals surface area contributed by atoms with Crippen LogP contribution in [0.1, 0.15) is 39.5 Å². The molecule has 4 bridgehead atoms. The molecular formula is C16H22O4. The van der Waals surface area contributed by atoms with Gasteiger partial charge < -0.3 is 4.74 Å². The van der Waals surface area contributed by atoms with E-state index >= 15 is 0 Å². The molecule has 0 aromatic carbocycles. The summed E-state index contributed by atoms with van der Waals surface area (Å²) in [7, 11) is 1.40. The highest BCUT2D eigenvalue weighted by molar-refractivity contribution is 6.09. The molecule has 4 aliphatic carbocycles. The van der Waals surface area contributed by atoms with E-state index in [0.29, 0.717) is 5.92 Å². The van der Waals surface area contributed by atoms with Crippen LogP contribution in [0.15, 0.2) is 0 Å². The molecule has 0 saturated heterocycles. The number of ketones is 2. The second-order valence-corrected chi connectivity index (χ2v) is 6.89. The Kier molecular flexibility index (Phi) is 3.03. The van der Waals surface area contributed by atoms with Crippen LogP contribution < -0.4 is 0 Å². The van der Waals surface area contributed by atoms with Crippen molar-refractivity contribution < 1.29 is 19.1 Å². The molecule has 0 unspecified atom stereocenters. The molecule has 4 heteroatoms. The van der Waals surface area contributed by atoms with Crippen molar-refractivity contribution in [3.8, 4) is 0 Å². The van der Waals surface area contributed by atoms with Gasteiger partial charge in [0.25, 0.3) is 0 Å². The molecule has 110 valence electrons. The van der Waals surface area contributed by atoms with Crippen LogP contribution in [0.4, 0.5) is 0 Å². The summed E-state index contributed by atoms with van der Waals surface area (Å²) in [6.07, 6.45) is 3.88. The predicted molar refractivity (Wildman–Crippen MR) is 71.7 cm³/mol. The van der Waals surface area contributed by atoms with Gasteiger partial charge in [0.05, 0.1) is 18.4 Å². The lowest BCUT2D eigenvalue weighted by atomic mass is 9.42. The second-order valence-electron chi connectivity index (χ2n) is 6.89. The summed E-state index contributed by atoms with van der Waals surface area (Å²) >= 11 is 0. The van der Waals surface area contributed by atoms with E-state index in [1.54, 1.807) is 6.92 Å². The Hall–Kier alpha value is -1.19. The first-order valence-electron chi connectivity index (χ1n) is 7.56. The summed E-state index contributed by atoms with van der Waals surface area (Å²) in [5, 5.41) is 0. The third kappa shape index (κ3) is 1.51. The molecule has 0 heterocycles. The smallest absolute Gasteiger partial charge is 0.309 e. The lowest BCUT2D eigenvalue weighted by Crippen LogP contribution is -2.65. The van der Waals surface area contributed by atoms with Crippen LogP contribution in [0.3, 0.4) is 0 Å². The van der Waals surface area contributed by atoms with Gasteiger partial charge in [-0.25, -0.2) is 0 Å². The molecular weight excluding hydrogens is 256 g/mol. The van der Waals surface area contributed by atoms with E-state index in [2.05, 4.69) is 0 Å². The molecule has 4 rings (SSSR count). The van der Waals surface area contributed by atoms with Gasteiger partial charge in [0.2, 0.25) is 0 Å². The average molecular weight is 278 g/mol. The third-order valence-corrected chi connectivity index (χ3v) is 6.29. The maximum Gasteiger partial charge on any atom is 0.309 e. The van der Waals surface area contributed by atoms with Crippen LogP contribution in [0.5, 0.6) is 0 Å². The highest BCUT2D eigenvalue weighted by atomic mass is 16.5. The number of rotatable bonds is 2. The molecule has 6 atom stereocenters. The Morgan fingerprint density at radius 1 is 1.30 bits per heavy atom. The van der Waals surface area contributed by atoms with E-state index < -0.39 is 5.41 Å². The SMILES string of the molecule is COC(=O)[C@@H]1[C@H]2CCC[C@H]3C[C@@H]1[C@](C)(C(C)=O)C(=O)[C@H]32. The van der Waals surface area contributed by atoms with Crippen molar-refractivity contribution in [1.82, 2.24) is 0 Å². The number of Topliss-reactive ketones (excluding diaryl/α,β-unsaturated/α-hetero) is 2. The molecule has 0 spiro atoms. The van der Waals surface area contributed by atoms with Crippen LogP contribution in [-0.4, -0.2) is 24.6 Å². The van der Waals surface area contributed by atoms with Crippen molar-refractivity contribution >= 4 is 17.5 Å². The van der Waals surface area contributed by atoms with Gasteiger partial charge in [0.1, 0.15) is 11.6 Å². The van der Waals surface area contributed by atoms with Gasteiger partial charge in [-0.3, -0.25) is 14.4 Å². The molecule has 0 amide bonds. The van der Waals surface area contributed by atoms with E-state index in [1.807, 2.05) is 0 Å². The number of carbonyl (C=O) groups excluding carboxylic acids is 3. The number of hydrogen-bond donors (Lipinski definition) is 0. The number of hydrogen-bond acceptors (Lipinski definition) is 4. The maximum atomic E-state index is 12.8. The molecule has 0 radical (unpaired) electrons. The number of fused-ring (bicyclic) bond motifs is 1. The van der Waals surface area contributed by atoms with Crippen LogP contribution in [-0.2, 0) is 19.1 Å². The Morgan fingerprint density at radius 2 is 2.00 bits per heavy atom. The van der Waals surface area contributed by atoms with E-state index in [1.165, 1.54) is 14.0 Å². The van der Waals surface area contributed by atoms with Crippen LogP contribution in [0, 0.1) is 35.0 Å². The lowest BCUT2D eigenvalue weighted by Gasteiger charge is -2.59. The van der Waals surface area contributed by atoms with Gasteiger partial charge in [0.15, 0.2) is 0 Å². The minimum atomic E-state index is -0.978. The summed E-state index contributed by atoms with van der Waals surface area (Å²) in [5.41, 5.74) is -0.978. The molecule has 0 aromatic heterocycles. The molecule has 0 aromatic rings. The van der Waals surface area contributed by atoms with Crippen molar-refractivity contribution in [1.29, 1.82) is 0 Å². The number of ether oxygens (including phenoxy) is 1. The van der Waals surface area contributed by atoms with E-state index in [9.17, 15) is 14.4 Å². The largest absolute Gasteiger partial charge is 0.469 e. The van der Waals surface area contributed by atoms with Crippen LogP contribution in [0.25, 0.3) is 0 Å². The molecule has 4 fully saturated rings. The van der Waals surface area contributed by atoms with Crippen molar-refractivity contribution in [2.75, 3.05) is 7.11 Å². The van der Waals surface area contributed by atoms with Gasteiger partial charge >= 0.3 is 5.97 Å². The van der Waals surface area contributed by atoms with E-state index in [0.717, 1.165) is 25.7 Å². The summed E-state index contributed by atoms with van der Waals surface area (Å²) < 4.78 is 4.98. The van der Waals surface area contributed by atoms with Crippen LogP contribution >= 0.6 is 0 Å². The quantitative estimate of drug-likeness (QED) is 0.572. The number of methoxy groups -OCH3 is 1. The Balaban J connectivity index is 2.09. The molecule has 0 aliphatic heterocycles. The Labute approximate surface area is 119 Å². The first-order valence-corrected chi connectivity index (χ1v) is 7.56. The maximum absolute atomic E-state index is 12.8. The van der Waals surface area contributed by atoms with E-state index in [-0.39, 0.29) is 41.2 Å². The fourth-order valence-corrected chi connectivity index (χ4v) is 5.21. The van der Waals surface area contributed by atoms with Gasteiger partial charge in [-0.2, -0.15) is 0 Å². The minimum Gasteiger partial charge on any atom is -0.469 e. The lowest BCUT2D eigenvalue weighted by molar-refractivity contribution is -0.185. The molecule has 0 N–H and O–H groups in total. The second kappa shape index (κ2) is 4.40. The van der Waals surface area contributed by atoms with Crippen LogP contribution in [0.2, 0.25) is 0 Å². The predicted octanol–water partition coefficient (Wildman–Crippen LogP) is 2.01. The molecule has 4 aliphatic rings. The average Bonchev–Trinajstić information content (AvgIpc) is 2.42. The van der Waals surface area contributed by atoms with Gasteiger partial charge in [-0.1, -0.05) is 6.42 Å². The Bertz CT molecular complexity index is 483. The highest BCUT2D eigenvalue weighted by Gasteiger charge is 2.66. The number of esters is 1. The normalized spacial score (nSPS) is 46.1. The zero-order valence-corrected chi connectivity index (χ0v) is 12.3. The summed E-state index contributed by atoms with van der Waals surface area (Å²) in [6.45, 7) is 3.24. The fraction of sp³-hybridized carbons (Fsp3) is 0.812. The summed E-state index contributed by atoms with van der Waals surface area (Å²) in [4.78, 5) is 37.2. The first-order chi connectivity index (χ1) is 9.42.